The van der Waals surface area contributed by atoms with E-state index in [2.05, 4.69) is 9.97 Å². The monoisotopic (exact) mass is 246 g/mol. The van der Waals surface area contributed by atoms with Crippen LogP contribution in [0.4, 0.5) is 0 Å². The van der Waals surface area contributed by atoms with Crippen molar-refractivity contribution in [1.29, 1.82) is 0 Å². The third-order valence-electron chi connectivity index (χ3n) is 2.91. The van der Waals surface area contributed by atoms with Crippen molar-refractivity contribution in [3.8, 4) is 0 Å². The molecule has 0 amide bonds. The number of hydrogen-bond acceptors (Lipinski definition) is 3. The van der Waals surface area contributed by atoms with Crippen molar-refractivity contribution in [2.24, 2.45) is 0 Å². The second-order valence-corrected chi connectivity index (χ2v) is 4.89. The lowest BCUT2D eigenvalue weighted by molar-refractivity contribution is 0.101. The molecule has 0 N–H and O–H groups in total. The lowest BCUT2D eigenvalue weighted by Gasteiger charge is -2.13. The van der Waals surface area contributed by atoms with Crippen LogP contribution in [0, 0.1) is 0 Å². The molecule has 0 aromatic carbocycles. The molecule has 0 aliphatic rings. The van der Waals surface area contributed by atoms with Gasteiger partial charge in [-0.15, -0.1) is 0 Å². The van der Waals surface area contributed by atoms with Crippen LogP contribution < -0.4 is 0 Å². The summed E-state index contributed by atoms with van der Waals surface area (Å²) < 4.78 is 3.75. The number of carbonyl (C=O) groups is 1. The van der Waals surface area contributed by atoms with E-state index < -0.39 is 0 Å². The Hall–Kier alpha value is -1.91. The first kappa shape index (κ1) is 12.5. The lowest BCUT2D eigenvalue weighted by atomic mass is 10.2. The quantitative estimate of drug-likeness (QED) is 0.779. The van der Waals surface area contributed by atoms with E-state index in [1.54, 1.807) is 25.0 Å². The van der Waals surface area contributed by atoms with Crippen LogP contribution in [0.5, 0.6) is 0 Å². The fraction of sp³-hybridized carbons (Fsp3) is 0.462. The topological polar surface area (TPSA) is 52.7 Å². The van der Waals surface area contributed by atoms with Crippen molar-refractivity contribution in [3.63, 3.8) is 0 Å². The minimum atomic E-state index is -0.0348. The van der Waals surface area contributed by atoms with Crippen LogP contribution in [0.15, 0.2) is 25.0 Å². The molecule has 0 unspecified atom stereocenters. The van der Waals surface area contributed by atoms with Crippen LogP contribution in [-0.2, 0) is 0 Å². The molecule has 5 heteroatoms. The van der Waals surface area contributed by atoms with E-state index in [0.29, 0.717) is 11.4 Å². The highest BCUT2D eigenvalue weighted by Gasteiger charge is 2.20. The zero-order chi connectivity index (χ0) is 13.3. The third-order valence-corrected chi connectivity index (χ3v) is 2.91. The number of ketones is 1. The molecule has 0 saturated heterocycles. The highest BCUT2D eigenvalue weighted by molar-refractivity contribution is 6.06. The van der Waals surface area contributed by atoms with Crippen molar-refractivity contribution in [3.05, 3.63) is 36.4 Å². The summed E-state index contributed by atoms with van der Waals surface area (Å²) in [6.45, 7) is 8.10. The van der Waals surface area contributed by atoms with Crippen LogP contribution in [0.2, 0.25) is 0 Å². The van der Waals surface area contributed by atoms with Gasteiger partial charge in [0.25, 0.3) is 0 Å². The average Bonchev–Trinajstić information content (AvgIpc) is 2.97. The zero-order valence-corrected chi connectivity index (χ0v) is 11.2. The number of imidazole rings is 2. The van der Waals surface area contributed by atoms with E-state index in [0.717, 1.165) is 0 Å². The van der Waals surface area contributed by atoms with Gasteiger partial charge in [-0.1, -0.05) is 0 Å². The fourth-order valence-electron chi connectivity index (χ4n) is 1.92. The van der Waals surface area contributed by atoms with Gasteiger partial charge in [-0.25, -0.2) is 9.97 Å². The lowest BCUT2D eigenvalue weighted by Crippen LogP contribution is -2.16. The molecule has 0 saturated carbocycles. The summed E-state index contributed by atoms with van der Waals surface area (Å²) in [6, 6.07) is 0.420. The normalized spacial score (nSPS) is 11.4. The minimum absolute atomic E-state index is 0.0348. The van der Waals surface area contributed by atoms with Gasteiger partial charge in [0.05, 0.1) is 25.0 Å². The van der Waals surface area contributed by atoms with E-state index in [1.807, 2.05) is 36.8 Å². The van der Waals surface area contributed by atoms with E-state index in [9.17, 15) is 4.79 Å². The molecule has 0 radical (unpaired) electrons. The molecule has 0 aliphatic heterocycles. The minimum Gasteiger partial charge on any atom is -0.325 e. The number of aromatic nitrogens is 4. The maximum Gasteiger partial charge on any atom is 0.228 e. The van der Waals surface area contributed by atoms with Crippen molar-refractivity contribution in [2.75, 3.05) is 0 Å². The standard InChI is InChI=1S/C13H18N4O/c1-9(2)16-7-14-5-11(16)13(18)12-6-15-8-17(12)10(3)4/h5-10H,1-4H3. The molecule has 0 aliphatic carbocycles. The molecule has 5 nitrogen and oxygen atoms in total. The SMILES string of the molecule is CC(C)n1cncc1C(=O)c1cncn1C(C)C. The van der Waals surface area contributed by atoms with Gasteiger partial charge in [0.15, 0.2) is 0 Å². The first-order valence-corrected chi connectivity index (χ1v) is 6.10. The molecule has 2 aromatic rings. The smallest absolute Gasteiger partial charge is 0.228 e. The largest absolute Gasteiger partial charge is 0.325 e. The van der Waals surface area contributed by atoms with Gasteiger partial charge in [0, 0.05) is 12.1 Å². The Bertz CT molecular complexity index is 503. The maximum atomic E-state index is 12.5. The number of nitrogens with zero attached hydrogens (tertiary/aromatic N) is 4. The number of hydrogen-bond donors (Lipinski definition) is 0. The van der Waals surface area contributed by atoms with Crippen LogP contribution in [0.1, 0.15) is 56.0 Å². The van der Waals surface area contributed by atoms with Gasteiger partial charge in [-0.05, 0) is 27.7 Å². The van der Waals surface area contributed by atoms with E-state index >= 15 is 0 Å². The van der Waals surface area contributed by atoms with Gasteiger partial charge in [0.2, 0.25) is 5.78 Å². The molecule has 0 bridgehead atoms. The molecular formula is C13H18N4O. The van der Waals surface area contributed by atoms with Crippen LogP contribution in [0.3, 0.4) is 0 Å². The predicted octanol–water partition coefficient (Wildman–Crippen LogP) is 2.47. The Morgan fingerprint density at radius 3 is 1.67 bits per heavy atom. The van der Waals surface area contributed by atoms with Crippen LogP contribution in [-0.4, -0.2) is 24.9 Å². The fourth-order valence-corrected chi connectivity index (χ4v) is 1.92. The van der Waals surface area contributed by atoms with Gasteiger partial charge in [-0.2, -0.15) is 0 Å². The molecule has 0 fully saturated rings. The summed E-state index contributed by atoms with van der Waals surface area (Å²) in [4.78, 5) is 20.6. The van der Waals surface area contributed by atoms with E-state index in [1.165, 1.54) is 0 Å². The second kappa shape index (κ2) is 4.76. The molecule has 0 atom stereocenters. The summed E-state index contributed by atoms with van der Waals surface area (Å²) in [5.74, 6) is -0.0348. The Labute approximate surface area is 106 Å². The summed E-state index contributed by atoms with van der Waals surface area (Å²) in [5, 5.41) is 0. The van der Waals surface area contributed by atoms with E-state index in [-0.39, 0.29) is 17.9 Å². The summed E-state index contributed by atoms with van der Waals surface area (Å²) in [5.41, 5.74) is 1.21. The molecule has 2 heterocycles. The van der Waals surface area contributed by atoms with Gasteiger partial charge in [-0.3, -0.25) is 4.79 Å². The predicted molar refractivity (Wildman–Crippen MR) is 68.7 cm³/mol. The highest BCUT2D eigenvalue weighted by atomic mass is 16.1. The number of carbonyl (C=O) groups excluding carboxylic acids is 1. The summed E-state index contributed by atoms with van der Waals surface area (Å²) in [6.07, 6.45) is 6.60. The molecule has 0 spiro atoms. The summed E-state index contributed by atoms with van der Waals surface area (Å²) in [7, 11) is 0. The van der Waals surface area contributed by atoms with Gasteiger partial charge >= 0.3 is 0 Å². The Morgan fingerprint density at radius 2 is 1.33 bits per heavy atom. The van der Waals surface area contributed by atoms with Crippen molar-refractivity contribution < 1.29 is 4.79 Å². The third kappa shape index (κ3) is 2.08. The molecule has 18 heavy (non-hydrogen) atoms. The Balaban J connectivity index is 2.42. The van der Waals surface area contributed by atoms with Crippen molar-refractivity contribution >= 4 is 5.78 Å². The first-order valence-electron chi connectivity index (χ1n) is 6.10. The first-order chi connectivity index (χ1) is 8.52. The maximum absolute atomic E-state index is 12.5. The summed E-state index contributed by atoms with van der Waals surface area (Å²) >= 11 is 0. The Kier molecular flexibility index (Phi) is 3.32. The highest BCUT2D eigenvalue weighted by Crippen LogP contribution is 2.16. The Morgan fingerprint density at radius 1 is 0.944 bits per heavy atom. The zero-order valence-electron chi connectivity index (χ0n) is 11.2. The van der Waals surface area contributed by atoms with Gasteiger partial charge < -0.3 is 9.13 Å². The number of rotatable bonds is 4. The van der Waals surface area contributed by atoms with Crippen molar-refractivity contribution in [1.82, 2.24) is 19.1 Å². The molecule has 2 aromatic heterocycles. The van der Waals surface area contributed by atoms with Crippen LogP contribution in [0.25, 0.3) is 0 Å². The van der Waals surface area contributed by atoms with E-state index in [4.69, 9.17) is 0 Å². The van der Waals surface area contributed by atoms with Crippen LogP contribution >= 0.6 is 0 Å². The molecule has 2 rings (SSSR count). The average molecular weight is 246 g/mol. The second-order valence-electron chi connectivity index (χ2n) is 4.89. The molecule has 96 valence electrons. The molecular weight excluding hydrogens is 228 g/mol. The van der Waals surface area contributed by atoms with Crippen molar-refractivity contribution in [2.45, 2.75) is 39.8 Å². The van der Waals surface area contributed by atoms with Gasteiger partial charge in [0.1, 0.15) is 11.4 Å².